The van der Waals surface area contributed by atoms with Crippen molar-refractivity contribution in [3.63, 3.8) is 0 Å². The number of benzene rings is 3. The van der Waals surface area contributed by atoms with Crippen molar-refractivity contribution in [1.29, 1.82) is 0 Å². The van der Waals surface area contributed by atoms with Crippen LogP contribution >= 0.6 is 11.6 Å². The highest BCUT2D eigenvalue weighted by Gasteiger charge is 2.34. The molecule has 2 atom stereocenters. The van der Waals surface area contributed by atoms with Crippen LogP contribution in [0.3, 0.4) is 0 Å². The first-order valence-electron chi connectivity index (χ1n) is 14.0. The fourth-order valence-electron chi connectivity index (χ4n) is 4.53. The van der Waals surface area contributed by atoms with Gasteiger partial charge in [0.2, 0.25) is 11.8 Å². The zero-order valence-electron chi connectivity index (χ0n) is 25.1. The maximum atomic E-state index is 14.2. The molecule has 0 aliphatic rings. The molecule has 0 radical (unpaired) electrons. The zero-order chi connectivity index (χ0) is 31.0. The average Bonchev–Trinajstić information content (AvgIpc) is 2.97. The Morgan fingerprint density at radius 2 is 1.67 bits per heavy atom. The van der Waals surface area contributed by atoms with Crippen molar-refractivity contribution in [3.8, 4) is 5.75 Å². The molecule has 3 rings (SSSR count). The number of sulfonamides is 1. The quantitative estimate of drug-likeness (QED) is 0.260. The van der Waals surface area contributed by atoms with Crippen LogP contribution in [0.25, 0.3) is 0 Å². The first-order valence-corrected chi connectivity index (χ1v) is 15.8. The van der Waals surface area contributed by atoms with Crippen LogP contribution in [0.1, 0.15) is 50.3 Å². The van der Waals surface area contributed by atoms with Crippen LogP contribution in [0.5, 0.6) is 5.75 Å². The minimum absolute atomic E-state index is 0.0428. The number of methoxy groups -OCH3 is 1. The SMILES string of the molecule is CCC(C)NC(=O)C(CC)N(Cc1cccc(OC)c1)C(=O)CN(c1cc(Cl)ccc1C)S(=O)(=O)c1ccc(C)cc1. The number of ether oxygens (including phenoxy) is 1. The molecule has 226 valence electrons. The predicted molar refractivity (Wildman–Crippen MR) is 167 cm³/mol. The molecular formula is C32H40ClN3O5S. The Hall–Kier alpha value is -3.56. The largest absolute Gasteiger partial charge is 0.497 e. The molecule has 3 aromatic rings. The van der Waals surface area contributed by atoms with E-state index in [1.165, 1.54) is 23.1 Å². The third-order valence-electron chi connectivity index (χ3n) is 7.20. The second-order valence-corrected chi connectivity index (χ2v) is 12.7. The average molecular weight is 614 g/mol. The molecule has 0 aliphatic carbocycles. The van der Waals surface area contributed by atoms with E-state index in [2.05, 4.69) is 5.32 Å². The van der Waals surface area contributed by atoms with Crippen LogP contribution in [-0.2, 0) is 26.2 Å². The van der Waals surface area contributed by atoms with Gasteiger partial charge in [-0.15, -0.1) is 0 Å². The number of hydrogen-bond donors (Lipinski definition) is 1. The van der Waals surface area contributed by atoms with Gasteiger partial charge in [0.05, 0.1) is 17.7 Å². The number of nitrogens with zero attached hydrogens (tertiary/aromatic N) is 2. The van der Waals surface area contributed by atoms with Gasteiger partial charge in [0.15, 0.2) is 0 Å². The van der Waals surface area contributed by atoms with Crippen LogP contribution in [0.4, 0.5) is 5.69 Å². The molecule has 3 aromatic carbocycles. The Bertz CT molecular complexity index is 1490. The van der Waals surface area contributed by atoms with Gasteiger partial charge in [0.25, 0.3) is 10.0 Å². The molecule has 1 N–H and O–H groups in total. The standard InChI is InChI=1S/C32H40ClN3O5S/c1-7-24(5)34-32(38)29(8-2)35(20-25-10-9-11-27(18-25)41-6)31(37)21-36(30-19-26(33)15-14-23(30)4)42(39,40)28-16-12-22(3)13-17-28/h9-19,24,29H,7-8,20-21H2,1-6H3,(H,34,38). The van der Waals surface area contributed by atoms with E-state index < -0.39 is 28.5 Å². The molecule has 0 aromatic heterocycles. The summed E-state index contributed by atoms with van der Waals surface area (Å²) in [5.74, 6) is -0.218. The Morgan fingerprint density at radius 1 is 0.976 bits per heavy atom. The first kappa shape index (κ1) is 32.9. The van der Waals surface area contributed by atoms with Crippen molar-refractivity contribution >= 4 is 39.1 Å². The Balaban J connectivity index is 2.11. The highest BCUT2D eigenvalue weighted by molar-refractivity contribution is 7.92. The second kappa shape index (κ2) is 14.6. The molecule has 42 heavy (non-hydrogen) atoms. The lowest BCUT2D eigenvalue weighted by Gasteiger charge is -2.34. The highest BCUT2D eigenvalue weighted by Crippen LogP contribution is 2.30. The first-order chi connectivity index (χ1) is 19.9. The van der Waals surface area contributed by atoms with Gasteiger partial charge in [0.1, 0.15) is 18.3 Å². The molecule has 0 aliphatic heterocycles. The molecule has 10 heteroatoms. The third kappa shape index (κ3) is 8.04. The third-order valence-corrected chi connectivity index (χ3v) is 9.21. The molecule has 0 spiro atoms. The minimum atomic E-state index is -4.19. The van der Waals surface area contributed by atoms with Crippen molar-refractivity contribution in [2.24, 2.45) is 0 Å². The summed E-state index contributed by atoms with van der Waals surface area (Å²) in [5.41, 5.74) is 2.56. The van der Waals surface area contributed by atoms with E-state index in [-0.39, 0.29) is 29.1 Å². The van der Waals surface area contributed by atoms with Gasteiger partial charge < -0.3 is 15.0 Å². The van der Waals surface area contributed by atoms with E-state index in [4.69, 9.17) is 16.3 Å². The predicted octanol–water partition coefficient (Wildman–Crippen LogP) is 5.88. The number of rotatable bonds is 13. The molecule has 0 heterocycles. The van der Waals surface area contributed by atoms with E-state index in [1.54, 1.807) is 56.5 Å². The van der Waals surface area contributed by atoms with Gasteiger partial charge in [-0.05, 0) is 81.1 Å². The van der Waals surface area contributed by atoms with Crippen LogP contribution in [0.15, 0.2) is 71.6 Å². The molecule has 8 nitrogen and oxygen atoms in total. The van der Waals surface area contributed by atoms with Crippen molar-refractivity contribution in [2.45, 2.75) is 71.0 Å². The zero-order valence-corrected chi connectivity index (χ0v) is 26.6. The van der Waals surface area contributed by atoms with Crippen molar-refractivity contribution in [2.75, 3.05) is 18.0 Å². The lowest BCUT2D eigenvalue weighted by molar-refractivity contribution is -0.140. The smallest absolute Gasteiger partial charge is 0.264 e. The minimum Gasteiger partial charge on any atom is -0.497 e. The number of aryl methyl sites for hydroxylation is 2. The number of carbonyl (C=O) groups excluding carboxylic acids is 2. The number of hydrogen-bond acceptors (Lipinski definition) is 5. The molecular weight excluding hydrogens is 574 g/mol. The van der Waals surface area contributed by atoms with Crippen LogP contribution in [0.2, 0.25) is 5.02 Å². The normalized spacial score (nSPS) is 12.7. The maximum absolute atomic E-state index is 14.2. The topological polar surface area (TPSA) is 96.0 Å². The summed E-state index contributed by atoms with van der Waals surface area (Å²) in [6, 6.07) is 17.7. The van der Waals surface area contributed by atoms with Gasteiger partial charge in [-0.3, -0.25) is 13.9 Å². The number of halogens is 1. The fourth-order valence-corrected chi connectivity index (χ4v) is 6.17. The molecule has 0 fully saturated rings. The van der Waals surface area contributed by atoms with Crippen molar-refractivity contribution in [1.82, 2.24) is 10.2 Å². The van der Waals surface area contributed by atoms with E-state index in [9.17, 15) is 18.0 Å². The summed E-state index contributed by atoms with van der Waals surface area (Å²) in [5, 5.41) is 3.31. The van der Waals surface area contributed by atoms with E-state index >= 15 is 0 Å². The summed E-state index contributed by atoms with van der Waals surface area (Å²) >= 11 is 6.31. The lowest BCUT2D eigenvalue weighted by atomic mass is 10.1. The molecule has 2 unspecified atom stereocenters. The summed E-state index contributed by atoms with van der Waals surface area (Å²) in [6.07, 6.45) is 1.06. The van der Waals surface area contributed by atoms with Crippen LogP contribution in [0, 0.1) is 13.8 Å². The lowest BCUT2D eigenvalue weighted by Crippen LogP contribution is -2.53. The molecule has 0 saturated heterocycles. The molecule has 2 amide bonds. The monoisotopic (exact) mass is 613 g/mol. The molecule has 0 saturated carbocycles. The Morgan fingerprint density at radius 3 is 2.29 bits per heavy atom. The maximum Gasteiger partial charge on any atom is 0.264 e. The fraction of sp³-hybridized carbons (Fsp3) is 0.375. The Kier molecular flexibility index (Phi) is 11.4. The van der Waals surface area contributed by atoms with Gasteiger partial charge in [-0.1, -0.05) is 61.3 Å². The van der Waals surface area contributed by atoms with E-state index in [1.807, 2.05) is 33.8 Å². The van der Waals surface area contributed by atoms with E-state index in [0.717, 1.165) is 21.9 Å². The summed E-state index contributed by atoms with van der Waals surface area (Å²) in [4.78, 5) is 29.2. The Labute approximate surface area is 254 Å². The second-order valence-electron chi connectivity index (χ2n) is 10.4. The summed E-state index contributed by atoms with van der Waals surface area (Å²) in [7, 11) is -2.64. The number of anilines is 1. The van der Waals surface area contributed by atoms with Crippen LogP contribution < -0.4 is 14.4 Å². The molecule has 0 bridgehead atoms. The van der Waals surface area contributed by atoms with E-state index in [0.29, 0.717) is 22.8 Å². The van der Waals surface area contributed by atoms with Gasteiger partial charge in [-0.25, -0.2) is 8.42 Å². The number of amides is 2. The van der Waals surface area contributed by atoms with Gasteiger partial charge in [0, 0.05) is 17.6 Å². The van der Waals surface area contributed by atoms with Crippen molar-refractivity contribution in [3.05, 3.63) is 88.4 Å². The summed E-state index contributed by atoms with van der Waals surface area (Å²) < 4.78 is 34.6. The van der Waals surface area contributed by atoms with Gasteiger partial charge >= 0.3 is 0 Å². The number of carbonyl (C=O) groups is 2. The van der Waals surface area contributed by atoms with Crippen molar-refractivity contribution < 1.29 is 22.7 Å². The van der Waals surface area contributed by atoms with Gasteiger partial charge in [-0.2, -0.15) is 0 Å². The van der Waals surface area contributed by atoms with Crippen LogP contribution in [-0.4, -0.2) is 50.9 Å². The summed E-state index contributed by atoms with van der Waals surface area (Å²) in [6.45, 7) is 8.86. The highest BCUT2D eigenvalue weighted by atomic mass is 35.5. The number of nitrogens with one attached hydrogen (secondary N) is 1.